The molecule has 8 nitrogen and oxygen atoms in total. The Morgan fingerprint density at radius 2 is 2.41 bits per heavy atom. The molecule has 17 heavy (non-hydrogen) atoms. The van der Waals surface area contributed by atoms with Crippen molar-refractivity contribution in [1.29, 1.82) is 5.26 Å². The van der Waals surface area contributed by atoms with Crippen molar-refractivity contribution in [3.05, 3.63) is 27.9 Å². The van der Waals surface area contributed by atoms with Crippen molar-refractivity contribution >= 4 is 11.5 Å². The molecule has 0 aliphatic heterocycles. The van der Waals surface area contributed by atoms with E-state index in [1.165, 1.54) is 0 Å². The molecule has 0 unspecified atom stereocenters. The number of nitrogens with one attached hydrogen (secondary N) is 1. The van der Waals surface area contributed by atoms with Crippen molar-refractivity contribution in [1.82, 2.24) is 4.98 Å². The van der Waals surface area contributed by atoms with Crippen molar-refractivity contribution in [2.45, 2.75) is 6.10 Å². The van der Waals surface area contributed by atoms with Gasteiger partial charge in [-0.15, -0.1) is 0 Å². The largest absolute Gasteiger partial charge is 0.394 e. The van der Waals surface area contributed by atoms with Gasteiger partial charge in [0.05, 0.1) is 17.6 Å². The van der Waals surface area contributed by atoms with Crippen LogP contribution in [0.25, 0.3) is 0 Å². The number of nitro groups is 1. The van der Waals surface area contributed by atoms with E-state index in [1.54, 1.807) is 6.07 Å². The van der Waals surface area contributed by atoms with Crippen LogP contribution in [0.1, 0.15) is 5.56 Å². The van der Waals surface area contributed by atoms with Gasteiger partial charge in [-0.1, -0.05) is 0 Å². The Balaban J connectivity index is 2.87. The minimum Gasteiger partial charge on any atom is -0.394 e. The molecular formula is C9H10N4O4. The molecular weight excluding hydrogens is 228 g/mol. The van der Waals surface area contributed by atoms with Crippen molar-refractivity contribution in [2.24, 2.45) is 0 Å². The first-order valence-electron chi connectivity index (χ1n) is 4.65. The van der Waals surface area contributed by atoms with E-state index in [4.69, 9.17) is 15.5 Å². The normalized spacial score (nSPS) is 11.6. The Morgan fingerprint density at radius 3 is 2.94 bits per heavy atom. The van der Waals surface area contributed by atoms with Gasteiger partial charge in [0.2, 0.25) is 0 Å². The second-order valence-corrected chi connectivity index (χ2v) is 3.18. The molecule has 1 aromatic heterocycles. The lowest BCUT2D eigenvalue weighted by atomic mass is 10.2. The molecule has 0 spiro atoms. The van der Waals surface area contributed by atoms with Crippen LogP contribution in [0.2, 0.25) is 0 Å². The fraction of sp³-hybridized carbons (Fsp3) is 0.333. The van der Waals surface area contributed by atoms with Crippen molar-refractivity contribution in [2.75, 3.05) is 18.5 Å². The maximum atomic E-state index is 10.5. The number of nitriles is 1. The van der Waals surface area contributed by atoms with E-state index in [2.05, 4.69) is 10.3 Å². The number of hydrogen-bond donors (Lipinski definition) is 3. The third-order valence-electron chi connectivity index (χ3n) is 1.92. The Kier molecular flexibility index (Phi) is 4.33. The number of aliphatic hydroxyl groups excluding tert-OH is 2. The second-order valence-electron chi connectivity index (χ2n) is 3.18. The summed E-state index contributed by atoms with van der Waals surface area (Å²) in [5.41, 5.74) is -0.279. The van der Waals surface area contributed by atoms with Gasteiger partial charge in [-0.3, -0.25) is 10.1 Å². The summed E-state index contributed by atoms with van der Waals surface area (Å²) in [4.78, 5) is 13.5. The predicted octanol–water partition coefficient (Wildman–Crippen LogP) is -0.373. The van der Waals surface area contributed by atoms with E-state index in [0.29, 0.717) is 0 Å². The SMILES string of the molecule is N#Cc1cc([N+](=O)[O-])cnc1NC[C@H](O)CO. The average Bonchev–Trinajstić information content (AvgIpc) is 2.35. The number of anilines is 1. The molecule has 0 saturated heterocycles. The Bertz CT molecular complexity index is 457. The minimum absolute atomic E-state index is 0.00398. The van der Waals surface area contributed by atoms with Crippen LogP contribution >= 0.6 is 0 Å². The van der Waals surface area contributed by atoms with Gasteiger partial charge in [0.25, 0.3) is 5.69 Å². The molecule has 0 saturated carbocycles. The molecule has 1 heterocycles. The summed E-state index contributed by atoms with van der Waals surface area (Å²) in [5.74, 6) is 0.130. The van der Waals surface area contributed by atoms with Gasteiger partial charge in [0.15, 0.2) is 0 Å². The Hall–Kier alpha value is -2.24. The van der Waals surface area contributed by atoms with Gasteiger partial charge >= 0.3 is 0 Å². The molecule has 0 bridgehead atoms. The number of aromatic nitrogens is 1. The monoisotopic (exact) mass is 238 g/mol. The van der Waals surface area contributed by atoms with E-state index in [9.17, 15) is 10.1 Å². The van der Waals surface area contributed by atoms with Crippen molar-refractivity contribution < 1.29 is 15.1 Å². The van der Waals surface area contributed by atoms with Crippen LogP contribution in [-0.4, -0.2) is 39.4 Å². The quantitative estimate of drug-likeness (QED) is 0.470. The molecule has 0 aliphatic carbocycles. The maximum Gasteiger partial charge on any atom is 0.289 e. The Labute approximate surface area is 96.3 Å². The summed E-state index contributed by atoms with van der Waals surface area (Å²) >= 11 is 0. The van der Waals surface area contributed by atoms with E-state index < -0.39 is 17.6 Å². The summed E-state index contributed by atoms with van der Waals surface area (Å²) in [6.07, 6.45) is 0.0210. The number of nitrogens with zero attached hydrogens (tertiary/aromatic N) is 3. The molecule has 0 fully saturated rings. The predicted molar refractivity (Wildman–Crippen MR) is 57.2 cm³/mol. The summed E-state index contributed by atoms with van der Waals surface area (Å²) < 4.78 is 0. The first kappa shape index (κ1) is 12.8. The third kappa shape index (κ3) is 3.37. The van der Waals surface area contributed by atoms with Gasteiger partial charge < -0.3 is 15.5 Å². The zero-order chi connectivity index (χ0) is 12.8. The van der Waals surface area contributed by atoms with E-state index in [0.717, 1.165) is 12.3 Å². The highest BCUT2D eigenvalue weighted by molar-refractivity contribution is 5.55. The lowest BCUT2D eigenvalue weighted by Gasteiger charge is -2.10. The smallest absolute Gasteiger partial charge is 0.289 e. The molecule has 90 valence electrons. The summed E-state index contributed by atoms with van der Waals surface area (Å²) in [6, 6.07) is 2.84. The topological polar surface area (TPSA) is 132 Å². The lowest BCUT2D eigenvalue weighted by molar-refractivity contribution is -0.385. The number of pyridine rings is 1. The van der Waals surface area contributed by atoms with Crippen LogP contribution in [0.3, 0.4) is 0 Å². The second kappa shape index (κ2) is 5.74. The molecule has 8 heteroatoms. The fourth-order valence-corrected chi connectivity index (χ4v) is 1.06. The Morgan fingerprint density at radius 1 is 1.71 bits per heavy atom. The van der Waals surface area contributed by atoms with E-state index in [1.807, 2.05) is 0 Å². The average molecular weight is 238 g/mol. The number of aliphatic hydroxyl groups is 2. The first-order valence-corrected chi connectivity index (χ1v) is 4.65. The van der Waals surface area contributed by atoms with E-state index >= 15 is 0 Å². The van der Waals surface area contributed by atoms with Crippen LogP contribution < -0.4 is 5.32 Å². The zero-order valence-electron chi connectivity index (χ0n) is 8.70. The van der Waals surface area contributed by atoms with Gasteiger partial charge in [0.1, 0.15) is 23.6 Å². The van der Waals surface area contributed by atoms with Crippen molar-refractivity contribution in [3.63, 3.8) is 0 Å². The highest BCUT2D eigenvalue weighted by Crippen LogP contribution is 2.17. The lowest BCUT2D eigenvalue weighted by Crippen LogP contribution is -2.23. The van der Waals surface area contributed by atoms with Gasteiger partial charge in [-0.05, 0) is 0 Å². The van der Waals surface area contributed by atoms with Crippen molar-refractivity contribution in [3.8, 4) is 6.07 Å². The van der Waals surface area contributed by atoms with E-state index in [-0.39, 0.29) is 23.6 Å². The fourth-order valence-electron chi connectivity index (χ4n) is 1.06. The summed E-state index contributed by atoms with van der Waals surface area (Å²) in [7, 11) is 0. The van der Waals surface area contributed by atoms with Gasteiger partial charge in [0, 0.05) is 12.6 Å². The van der Waals surface area contributed by atoms with Crippen LogP contribution in [0, 0.1) is 21.4 Å². The first-order chi connectivity index (χ1) is 8.08. The summed E-state index contributed by atoms with van der Waals surface area (Å²) in [6.45, 7) is -0.433. The molecule has 1 aromatic rings. The zero-order valence-corrected chi connectivity index (χ0v) is 8.70. The highest BCUT2D eigenvalue weighted by atomic mass is 16.6. The van der Waals surface area contributed by atoms with Crippen LogP contribution in [-0.2, 0) is 0 Å². The minimum atomic E-state index is -0.987. The third-order valence-corrected chi connectivity index (χ3v) is 1.92. The van der Waals surface area contributed by atoms with Crippen LogP contribution in [0.5, 0.6) is 0 Å². The standard InChI is InChI=1S/C9H10N4O4/c10-2-6-1-7(13(16)17)3-11-9(6)12-4-8(15)5-14/h1,3,8,14-15H,4-5H2,(H,11,12)/t8-/m0/s1. The van der Waals surface area contributed by atoms with Crippen LogP contribution in [0.15, 0.2) is 12.3 Å². The molecule has 0 aliphatic rings. The van der Waals surface area contributed by atoms with Crippen LogP contribution in [0.4, 0.5) is 11.5 Å². The van der Waals surface area contributed by atoms with Gasteiger partial charge in [-0.25, -0.2) is 4.98 Å². The summed E-state index contributed by atoms with van der Waals surface area (Å²) in [5, 5.41) is 39.5. The molecule has 3 N–H and O–H groups in total. The molecule has 0 radical (unpaired) electrons. The molecule has 0 amide bonds. The number of rotatable bonds is 5. The van der Waals surface area contributed by atoms with Gasteiger partial charge in [-0.2, -0.15) is 5.26 Å². The highest BCUT2D eigenvalue weighted by Gasteiger charge is 2.12. The molecule has 0 aromatic carbocycles. The maximum absolute atomic E-state index is 10.5. The molecule has 1 rings (SSSR count). The number of hydrogen-bond acceptors (Lipinski definition) is 7. The molecule has 1 atom stereocenters.